The Morgan fingerprint density at radius 1 is 1.50 bits per heavy atom. The Bertz CT molecular complexity index is 615. The molecule has 4 nitrogen and oxygen atoms in total. The molecule has 0 bridgehead atoms. The van der Waals surface area contributed by atoms with E-state index in [0.717, 1.165) is 0 Å². The first kappa shape index (κ1) is 13.5. The highest BCUT2D eigenvalue weighted by atomic mass is 79.9. The Balaban J connectivity index is 2.32. The zero-order valence-corrected chi connectivity index (χ0v) is 11.8. The maximum atomic E-state index is 11.8. The van der Waals surface area contributed by atoms with Crippen molar-refractivity contribution in [3.63, 3.8) is 0 Å². The van der Waals surface area contributed by atoms with Gasteiger partial charge in [0, 0.05) is 16.8 Å². The minimum atomic E-state index is -0.434. The van der Waals surface area contributed by atoms with Crippen LogP contribution < -0.4 is 5.56 Å². The fourth-order valence-electron chi connectivity index (χ4n) is 1.66. The number of H-pyrrole nitrogens is 1. The third kappa shape index (κ3) is 3.10. The normalized spacial score (nSPS) is 12.8. The van der Waals surface area contributed by atoms with Gasteiger partial charge in [-0.05, 0) is 24.6 Å². The summed E-state index contributed by atoms with van der Waals surface area (Å²) < 4.78 is 0. The molecule has 0 saturated heterocycles. The molecule has 6 heteroatoms. The number of rotatable bonds is 4. The number of alkyl halides is 1. The van der Waals surface area contributed by atoms with Crippen molar-refractivity contribution in [2.75, 3.05) is 5.33 Å². The van der Waals surface area contributed by atoms with Gasteiger partial charge in [-0.25, -0.2) is 4.98 Å². The number of nitrogens with one attached hydrogen (secondary N) is 1. The Kier molecular flexibility index (Phi) is 4.37. The lowest BCUT2D eigenvalue weighted by atomic mass is 10.2. The lowest BCUT2D eigenvalue weighted by Gasteiger charge is -2.06. The van der Waals surface area contributed by atoms with Gasteiger partial charge in [0.25, 0.3) is 5.56 Å². The molecule has 1 unspecified atom stereocenters. The number of hydrogen-bond donors (Lipinski definition) is 2. The number of aromatic amines is 1. The fourth-order valence-corrected chi connectivity index (χ4v) is 2.15. The zero-order chi connectivity index (χ0) is 13.1. The Morgan fingerprint density at radius 3 is 3.00 bits per heavy atom. The standard InChI is InChI=1S/C12H12BrClN2O2/c13-6-8(17)2-4-11-15-10-3-1-7(14)5-9(10)12(18)16-11/h1,3,5,8,17H,2,4,6H2,(H,15,16,18). The molecule has 2 N–H and O–H groups in total. The van der Waals surface area contributed by atoms with Gasteiger partial charge in [0.05, 0.1) is 17.0 Å². The summed E-state index contributed by atoms with van der Waals surface area (Å²) in [4.78, 5) is 18.9. The summed E-state index contributed by atoms with van der Waals surface area (Å²) in [6, 6.07) is 5.02. The molecule has 1 aromatic carbocycles. The molecule has 1 heterocycles. The van der Waals surface area contributed by atoms with E-state index in [-0.39, 0.29) is 5.56 Å². The van der Waals surface area contributed by atoms with Gasteiger partial charge < -0.3 is 10.1 Å². The number of aryl methyl sites for hydroxylation is 1. The molecule has 2 aromatic rings. The highest BCUT2D eigenvalue weighted by Gasteiger charge is 2.07. The van der Waals surface area contributed by atoms with Gasteiger partial charge >= 0.3 is 0 Å². The van der Waals surface area contributed by atoms with Gasteiger partial charge in [0.1, 0.15) is 5.82 Å². The molecule has 0 spiro atoms. The van der Waals surface area contributed by atoms with Crippen LogP contribution in [-0.2, 0) is 6.42 Å². The predicted octanol–water partition coefficient (Wildman–Crippen LogP) is 2.26. The Labute approximate surface area is 117 Å². The van der Waals surface area contributed by atoms with Crippen LogP contribution in [0.25, 0.3) is 10.9 Å². The van der Waals surface area contributed by atoms with Gasteiger partial charge in [-0.1, -0.05) is 27.5 Å². The molecule has 2 rings (SSSR count). The summed E-state index contributed by atoms with van der Waals surface area (Å²) in [7, 11) is 0. The number of hydrogen-bond acceptors (Lipinski definition) is 3. The van der Waals surface area contributed by atoms with Crippen molar-refractivity contribution in [1.82, 2.24) is 9.97 Å². The van der Waals surface area contributed by atoms with Crippen LogP contribution in [-0.4, -0.2) is 26.5 Å². The number of fused-ring (bicyclic) bond motifs is 1. The summed E-state index contributed by atoms with van der Waals surface area (Å²) in [6.45, 7) is 0. The molecule has 0 aliphatic heterocycles. The van der Waals surface area contributed by atoms with E-state index in [2.05, 4.69) is 25.9 Å². The maximum Gasteiger partial charge on any atom is 0.258 e. The maximum absolute atomic E-state index is 11.8. The molecule has 96 valence electrons. The lowest BCUT2D eigenvalue weighted by Crippen LogP contribution is -2.15. The Hall–Kier alpha value is -0.910. The minimum absolute atomic E-state index is 0.203. The van der Waals surface area contributed by atoms with Crippen LogP contribution in [0.1, 0.15) is 12.2 Å². The molecule has 18 heavy (non-hydrogen) atoms. The highest BCUT2D eigenvalue weighted by Crippen LogP contribution is 2.14. The van der Waals surface area contributed by atoms with Crippen LogP contribution in [0.4, 0.5) is 0 Å². The van der Waals surface area contributed by atoms with Gasteiger partial charge in [0.15, 0.2) is 0 Å². The largest absolute Gasteiger partial charge is 0.392 e. The second-order valence-corrected chi connectivity index (χ2v) is 5.10. The van der Waals surface area contributed by atoms with Crippen molar-refractivity contribution in [3.8, 4) is 0 Å². The van der Waals surface area contributed by atoms with Crippen LogP contribution in [0.3, 0.4) is 0 Å². The number of aliphatic hydroxyl groups is 1. The number of nitrogens with zero attached hydrogens (tertiary/aromatic N) is 1. The van der Waals surface area contributed by atoms with Crippen molar-refractivity contribution in [2.45, 2.75) is 18.9 Å². The molecule has 0 fully saturated rings. The average molecular weight is 332 g/mol. The number of aliphatic hydroxyl groups excluding tert-OH is 1. The topological polar surface area (TPSA) is 66.0 Å². The molecule has 1 aromatic heterocycles. The number of aromatic nitrogens is 2. The quantitative estimate of drug-likeness (QED) is 0.845. The molecular formula is C12H12BrClN2O2. The van der Waals surface area contributed by atoms with E-state index < -0.39 is 6.10 Å². The molecule has 0 aliphatic carbocycles. The predicted molar refractivity (Wildman–Crippen MR) is 75.5 cm³/mol. The zero-order valence-electron chi connectivity index (χ0n) is 9.49. The van der Waals surface area contributed by atoms with Crippen LogP contribution in [0.15, 0.2) is 23.0 Å². The summed E-state index contributed by atoms with van der Waals surface area (Å²) in [5.41, 5.74) is 0.414. The summed E-state index contributed by atoms with van der Waals surface area (Å²) >= 11 is 9.03. The van der Waals surface area contributed by atoms with Gasteiger partial charge in [0.2, 0.25) is 0 Å². The molecular weight excluding hydrogens is 320 g/mol. The molecule has 0 amide bonds. The monoisotopic (exact) mass is 330 g/mol. The van der Waals surface area contributed by atoms with Crippen molar-refractivity contribution in [2.24, 2.45) is 0 Å². The van der Waals surface area contributed by atoms with Crippen LogP contribution in [0, 0.1) is 0 Å². The first-order valence-electron chi connectivity index (χ1n) is 5.52. The van der Waals surface area contributed by atoms with E-state index in [9.17, 15) is 9.90 Å². The fraction of sp³-hybridized carbons (Fsp3) is 0.333. The van der Waals surface area contributed by atoms with E-state index in [4.69, 9.17) is 11.6 Å². The SMILES string of the molecule is O=c1[nH]c(CCC(O)CBr)nc2ccc(Cl)cc12. The summed E-state index contributed by atoms with van der Waals surface area (Å²) in [5, 5.41) is 11.0. The van der Waals surface area contributed by atoms with Crippen molar-refractivity contribution in [3.05, 3.63) is 39.4 Å². The molecule has 0 saturated carbocycles. The van der Waals surface area contributed by atoms with Crippen LogP contribution in [0.2, 0.25) is 5.02 Å². The first-order chi connectivity index (χ1) is 8.60. The average Bonchev–Trinajstić information content (AvgIpc) is 2.37. The van der Waals surface area contributed by atoms with E-state index in [0.29, 0.717) is 39.9 Å². The van der Waals surface area contributed by atoms with Crippen LogP contribution >= 0.6 is 27.5 Å². The van der Waals surface area contributed by atoms with E-state index in [1.807, 2.05) is 0 Å². The first-order valence-corrected chi connectivity index (χ1v) is 7.02. The minimum Gasteiger partial charge on any atom is -0.392 e. The molecule has 0 aliphatic rings. The third-order valence-corrected chi connectivity index (χ3v) is 3.59. The summed E-state index contributed by atoms with van der Waals surface area (Å²) in [6.07, 6.45) is 0.643. The van der Waals surface area contributed by atoms with Gasteiger partial charge in [-0.2, -0.15) is 0 Å². The Morgan fingerprint density at radius 2 is 2.28 bits per heavy atom. The smallest absolute Gasteiger partial charge is 0.258 e. The van der Waals surface area contributed by atoms with Crippen LogP contribution in [0.5, 0.6) is 0 Å². The van der Waals surface area contributed by atoms with E-state index >= 15 is 0 Å². The van der Waals surface area contributed by atoms with Crippen molar-refractivity contribution in [1.29, 1.82) is 0 Å². The second-order valence-electron chi connectivity index (χ2n) is 4.02. The van der Waals surface area contributed by atoms with Crippen molar-refractivity contribution >= 4 is 38.4 Å². The second kappa shape index (κ2) is 5.82. The molecule has 0 radical (unpaired) electrons. The van der Waals surface area contributed by atoms with Crippen molar-refractivity contribution < 1.29 is 5.11 Å². The van der Waals surface area contributed by atoms with E-state index in [1.54, 1.807) is 18.2 Å². The van der Waals surface area contributed by atoms with Gasteiger partial charge in [-0.3, -0.25) is 4.79 Å². The third-order valence-electron chi connectivity index (χ3n) is 2.61. The number of halogens is 2. The lowest BCUT2D eigenvalue weighted by molar-refractivity contribution is 0.190. The highest BCUT2D eigenvalue weighted by molar-refractivity contribution is 9.09. The molecule has 1 atom stereocenters. The summed E-state index contributed by atoms with van der Waals surface area (Å²) in [5.74, 6) is 0.579. The van der Waals surface area contributed by atoms with Gasteiger partial charge in [-0.15, -0.1) is 0 Å². The van der Waals surface area contributed by atoms with E-state index in [1.165, 1.54) is 0 Å². The number of benzene rings is 1.